The van der Waals surface area contributed by atoms with Crippen molar-refractivity contribution in [2.24, 2.45) is 0 Å². The smallest absolute Gasteiger partial charge is 0.408 e. The SMILES string of the molecule is CCN(CC)C1CCN(C2CCCCc3ccc(Nc4ncc(C)c(Nc5ccc6oc(=O)[nH]c6c5)n4)cc32)C1. The first-order chi connectivity index (χ1) is 19.5. The quantitative estimate of drug-likeness (QED) is 0.237. The zero-order chi connectivity index (χ0) is 27.6. The summed E-state index contributed by atoms with van der Waals surface area (Å²) in [5.74, 6) is 0.780. The minimum Gasteiger partial charge on any atom is -0.408 e. The summed E-state index contributed by atoms with van der Waals surface area (Å²) in [4.78, 5) is 28.9. The van der Waals surface area contributed by atoms with E-state index in [0.29, 0.717) is 34.9 Å². The van der Waals surface area contributed by atoms with Crippen LogP contribution in [0.25, 0.3) is 11.1 Å². The number of anilines is 4. The van der Waals surface area contributed by atoms with E-state index in [-0.39, 0.29) is 0 Å². The minimum absolute atomic E-state index is 0.459. The summed E-state index contributed by atoms with van der Waals surface area (Å²) in [7, 11) is 0. The molecule has 1 aliphatic heterocycles. The molecule has 0 radical (unpaired) electrons. The number of aryl methyl sites for hydroxylation is 2. The molecule has 4 aromatic rings. The lowest BCUT2D eigenvalue weighted by molar-refractivity contribution is 0.182. The van der Waals surface area contributed by atoms with Crippen LogP contribution in [0.4, 0.5) is 23.1 Å². The number of likely N-dealkylation sites (tertiary alicyclic amines) is 1. The Hall–Kier alpha value is -3.69. The van der Waals surface area contributed by atoms with Gasteiger partial charge in [0.05, 0.1) is 5.52 Å². The molecule has 9 heteroatoms. The van der Waals surface area contributed by atoms with Gasteiger partial charge >= 0.3 is 5.76 Å². The molecule has 2 aromatic carbocycles. The maximum absolute atomic E-state index is 11.5. The first-order valence-electron chi connectivity index (χ1n) is 14.6. The highest BCUT2D eigenvalue weighted by Crippen LogP contribution is 2.37. The summed E-state index contributed by atoms with van der Waals surface area (Å²) in [5.41, 5.74) is 6.83. The first-order valence-corrected chi connectivity index (χ1v) is 14.6. The summed E-state index contributed by atoms with van der Waals surface area (Å²) in [6, 6.07) is 13.4. The van der Waals surface area contributed by atoms with E-state index in [4.69, 9.17) is 9.40 Å². The number of hydrogen-bond acceptors (Lipinski definition) is 8. The topological polar surface area (TPSA) is 102 Å². The fourth-order valence-electron chi connectivity index (χ4n) is 6.41. The number of H-pyrrole nitrogens is 1. The van der Waals surface area contributed by atoms with Crippen LogP contribution >= 0.6 is 0 Å². The van der Waals surface area contributed by atoms with Crippen LogP contribution in [-0.4, -0.2) is 57.0 Å². The molecule has 6 rings (SSSR count). The second kappa shape index (κ2) is 11.4. The zero-order valence-electron chi connectivity index (χ0n) is 23.7. The number of hydrogen-bond donors (Lipinski definition) is 3. The van der Waals surface area contributed by atoms with Crippen molar-refractivity contribution in [2.45, 2.75) is 65.0 Å². The fraction of sp³-hybridized carbons (Fsp3) is 0.452. The molecule has 2 atom stereocenters. The van der Waals surface area contributed by atoms with Crippen molar-refractivity contribution in [3.05, 3.63) is 69.8 Å². The molecule has 3 N–H and O–H groups in total. The minimum atomic E-state index is -0.465. The number of oxazole rings is 1. The van der Waals surface area contributed by atoms with Crippen LogP contribution in [0.3, 0.4) is 0 Å². The molecule has 3 heterocycles. The van der Waals surface area contributed by atoms with E-state index in [0.717, 1.165) is 49.5 Å². The number of nitrogens with zero attached hydrogens (tertiary/aromatic N) is 4. The van der Waals surface area contributed by atoms with Crippen LogP contribution < -0.4 is 16.4 Å². The van der Waals surface area contributed by atoms with Gasteiger partial charge in [-0.3, -0.25) is 14.8 Å². The molecular formula is C31H39N7O2. The van der Waals surface area contributed by atoms with Gasteiger partial charge in [-0.05, 0) is 87.2 Å². The number of aromatic amines is 1. The highest BCUT2D eigenvalue weighted by atomic mass is 16.4. The predicted octanol–water partition coefficient (Wildman–Crippen LogP) is 5.89. The Balaban J connectivity index is 1.22. The lowest BCUT2D eigenvalue weighted by Gasteiger charge is -2.31. The van der Waals surface area contributed by atoms with Gasteiger partial charge in [0.25, 0.3) is 0 Å². The van der Waals surface area contributed by atoms with Gasteiger partial charge in [-0.1, -0.05) is 26.3 Å². The van der Waals surface area contributed by atoms with Crippen LogP contribution in [0, 0.1) is 6.92 Å². The van der Waals surface area contributed by atoms with Gasteiger partial charge in [0.2, 0.25) is 5.95 Å². The third-order valence-electron chi connectivity index (χ3n) is 8.55. The third-order valence-corrected chi connectivity index (χ3v) is 8.55. The van der Waals surface area contributed by atoms with Crippen LogP contribution in [0.2, 0.25) is 0 Å². The lowest BCUT2D eigenvalue weighted by atomic mass is 9.97. The zero-order valence-corrected chi connectivity index (χ0v) is 23.7. The number of likely N-dealkylation sites (N-methyl/N-ethyl adjacent to an activating group) is 1. The molecule has 2 aliphatic rings. The molecule has 1 saturated heterocycles. The van der Waals surface area contributed by atoms with Gasteiger partial charge in [0, 0.05) is 48.3 Å². The van der Waals surface area contributed by atoms with E-state index in [1.807, 2.05) is 25.3 Å². The number of nitrogens with one attached hydrogen (secondary N) is 3. The van der Waals surface area contributed by atoms with Crippen LogP contribution in [-0.2, 0) is 6.42 Å². The van der Waals surface area contributed by atoms with Crippen molar-refractivity contribution in [3.63, 3.8) is 0 Å². The van der Waals surface area contributed by atoms with Crippen molar-refractivity contribution in [3.8, 4) is 0 Å². The molecule has 2 aromatic heterocycles. The number of benzene rings is 2. The summed E-state index contributed by atoms with van der Waals surface area (Å²) >= 11 is 0. The molecule has 40 heavy (non-hydrogen) atoms. The Morgan fingerprint density at radius 3 is 2.75 bits per heavy atom. The largest absolute Gasteiger partial charge is 0.417 e. The maximum atomic E-state index is 11.5. The average Bonchev–Trinajstić information content (AvgIpc) is 3.52. The number of fused-ring (bicyclic) bond motifs is 2. The van der Waals surface area contributed by atoms with E-state index in [2.05, 4.69) is 62.4 Å². The van der Waals surface area contributed by atoms with Crippen molar-refractivity contribution in [1.29, 1.82) is 0 Å². The second-order valence-electron chi connectivity index (χ2n) is 11.0. The number of aromatic nitrogens is 3. The Morgan fingerprint density at radius 2 is 1.90 bits per heavy atom. The molecule has 2 unspecified atom stereocenters. The molecule has 1 fully saturated rings. The van der Waals surface area contributed by atoms with E-state index >= 15 is 0 Å². The van der Waals surface area contributed by atoms with Crippen molar-refractivity contribution in [2.75, 3.05) is 36.8 Å². The summed E-state index contributed by atoms with van der Waals surface area (Å²) in [6.07, 6.45) is 7.94. The second-order valence-corrected chi connectivity index (χ2v) is 11.0. The monoisotopic (exact) mass is 541 g/mol. The summed E-state index contributed by atoms with van der Waals surface area (Å²) in [6.45, 7) is 11.1. The van der Waals surface area contributed by atoms with Gasteiger partial charge in [0.1, 0.15) is 5.82 Å². The van der Waals surface area contributed by atoms with Gasteiger partial charge < -0.3 is 15.1 Å². The Morgan fingerprint density at radius 1 is 1.07 bits per heavy atom. The highest BCUT2D eigenvalue weighted by Gasteiger charge is 2.33. The van der Waals surface area contributed by atoms with Gasteiger partial charge in [0.15, 0.2) is 5.58 Å². The third kappa shape index (κ3) is 5.48. The van der Waals surface area contributed by atoms with Gasteiger partial charge in [-0.2, -0.15) is 4.98 Å². The molecular weight excluding hydrogens is 502 g/mol. The predicted molar refractivity (Wildman–Crippen MR) is 160 cm³/mol. The Labute approximate surface area is 235 Å². The molecule has 0 saturated carbocycles. The van der Waals surface area contributed by atoms with Crippen LogP contribution in [0.1, 0.15) is 62.3 Å². The Kier molecular flexibility index (Phi) is 7.58. The van der Waals surface area contributed by atoms with Crippen molar-refractivity contribution >= 4 is 34.2 Å². The summed E-state index contributed by atoms with van der Waals surface area (Å²) in [5, 5.41) is 6.83. The van der Waals surface area contributed by atoms with Crippen molar-refractivity contribution in [1.82, 2.24) is 24.8 Å². The fourth-order valence-corrected chi connectivity index (χ4v) is 6.41. The molecule has 0 spiro atoms. The van der Waals surface area contributed by atoms with Crippen LogP contribution in [0.15, 0.2) is 51.8 Å². The van der Waals surface area contributed by atoms with E-state index < -0.39 is 5.76 Å². The molecule has 0 bridgehead atoms. The van der Waals surface area contributed by atoms with Crippen molar-refractivity contribution < 1.29 is 4.42 Å². The van der Waals surface area contributed by atoms with E-state index in [1.165, 1.54) is 36.8 Å². The normalized spacial score (nSPS) is 19.6. The Bertz CT molecular complexity index is 1540. The lowest BCUT2D eigenvalue weighted by Crippen LogP contribution is -2.38. The van der Waals surface area contributed by atoms with E-state index in [1.54, 1.807) is 6.07 Å². The van der Waals surface area contributed by atoms with Crippen LogP contribution in [0.5, 0.6) is 0 Å². The molecule has 0 amide bonds. The maximum Gasteiger partial charge on any atom is 0.417 e. The molecule has 1 aliphatic carbocycles. The first kappa shape index (κ1) is 26.5. The molecule has 9 nitrogen and oxygen atoms in total. The standard InChI is InChI=1S/C31H39N7O2/c1-4-37(5-2)24-14-15-38(19-24)27-9-7-6-8-21-10-11-22(16-25(21)27)34-30-32-18-20(3)29(36-30)33-23-12-13-28-26(17-23)35-31(39)40-28/h10-13,16-18,24,27H,4-9,14-15,19H2,1-3H3,(H,35,39)(H2,32,33,34,36). The van der Waals surface area contributed by atoms with Gasteiger partial charge in [-0.15, -0.1) is 0 Å². The number of rotatable bonds is 8. The highest BCUT2D eigenvalue weighted by molar-refractivity contribution is 5.78. The summed E-state index contributed by atoms with van der Waals surface area (Å²) < 4.78 is 5.12. The van der Waals surface area contributed by atoms with Gasteiger partial charge in [-0.25, -0.2) is 9.78 Å². The van der Waals surface area contributed by atoms with E-state index in [9.17, 15) is 4.79 Å². The molecule has 210 valence electrons. The average molecular weight is 542 g/mol.